The Kier molecular flexibility index (Phi) is 7.00. The van der Waals surface area contributed by atoms with Crippen molar-refractivity contribution < 1.29 is 18.0 Å². The molecule has 0 spiro atoms. The van der Waals surface area contributed by atoms with Gasteiger partial charge in [0, 0.05) is 32.2 Å². The number of amides is 1. The fourth-order valence-electron chi connectivity index (χ4n) is 4.07. The van der Waals surface area contributed by atoms with Crippen LogP contribution in [-0.2, 0) is 12.6 Å². The van der Waals surface area contributed by atoms with E-state index >= 15 is 0 Å². The Labute approximate surface area is 196 Å². The molecule has 178 valence electrons. The Morgan fingerprint density at radius 2 is 1.62 bits per heavy atom. The van der Waals surface area contributed by atoms with Crippen LogP contribution in [0.15, 0.2) is 66.7 Å². The van der Waals surface area contributed by atoms with Crippen molar-refractivity contribution >= 4 is 17.5 Å². The summed E-state index contributed by atoms with van der Waals surface area (Å²) in [5.74, 6) is 0.736. The smallest absolute Gasteiger partial charge is 0.366 e. The van der Waals surface area contributed by atoms with E-state index in [-0.39, 0.29) is 11.6 Å². The van der Waals surface area contributed by atoms with Crippen molar-refractivity contribution in [3.63, 3.8) is 0 Å². The monoisotopic (exact) mass is 469 g/mol. The number of hydrogen-bond acceptors (Lipinski definition) is 5. The van der Waals surface area contributed by atoms with Gasteiger partial charge in [0.05, 0.1) is 11.1 Å². The molecule has 6 nitrogen and oxygen atoms in total. The Morgan fingerprint density at radius 1 is 0.941 bits per heavy atom. The molecule has 2 aromatic carbocycles. The van der Waals surface area contributed by atoms with Gasteiger partial charge in [-0.3, -0.25) is 4.79 Å². The zero-order valence-corrected chi connectivity index (χ0v) is 18.8. The average Bonchev–Trinajstić information content (AvgIpc) is 2.84. The molecular formula is C25H26F3N5O. The van der Waals surface area contributed by atoms with E-state index in [0.29, 0.717) is 37.8 Å². The number of carbonyl (C=O) groups excluding carboxylic acids is 1. The first-order valence-corrected chi connectivity index (χ1v) is 11.2. The molecule has 1 amide bonds. The molecule has 0 bridgehead atoms. The van der Waals surface area contributed by atoms with E-state index in [1.54, 1.807) is 0 Å². The molecule has 1 saturated heterocycles. The minimum absolute atomic E-state index is 0.177. The molecule has 1 unspecified atom stereocenters. The first-order chi connectivity index (χ1) is 16.3. The van der Waals surface area contributed by atoms with Crippen molar-refractivity contribution in [3.05, 3.63) is 83.4 Å². The quantitative estimate of drug-likeness (QED) is 0.576. The zero-order valence-electron chi connectivity index (χ0n) is 18.8. The number of nitrogens with one attached hydrogen (secondary N) is 1. The third kappa shape index (κ3) is 5.65. The second kappa shape index (κ2) is 10.1. The molecule has 1 atom stereocenters. The number of piperazine rings is 1. The van der Waals surface area contributed by atoms with Gasteiger partial charge in [-0.25, -0.2) is 0 Å². The van der Waals surface area contributed by atoms with Gasteiger partial charge in [0.25, 0.3) is 5.91 Å². The van der Waals surface area contributed by atoms with Crippen LogP contribution in [-0.4, -0.2) is 53.2 Å². The van der Waals surface area contributed by atoms with Crippen LogP contribution in [0.25, 0.3) is 0 Å². The summed E-state index contributed by atoms with van der Waals surface area (Å²) in [7, 11) is 0. The number of rotatable bonds is 6. The van der Waals surface area contributed by atoms with E-state index in [1.807, 2.05) is 35.2 Å². The molecule has 0 radical (unpaired) electrons. The standard InChI is InChI=1S/C25H26F3N5O/c1-18(17-19-7-3-2-4-8-19)29-22-11-12-23(31-30-22)32-13-15-33(16-14-32)24(34)20-9-5-6-10-21(20)25(26,27)28/h2-12,18H,13-17H2,1H3,(H,29,30). The van der Waals surface area contributed by atoms with Crippen LogP contribution in [0.3, 0.4) is 0 Å². The van der Waals surface area contributed by atoms with E-state index in [0.717, 1.165) is 12.5 Å². The lowest BCUT2D eigenvalue weighted by atomic mass is 10.1. The van der Waals surface area contributed by atoms with Crippen LogP contribution in [0.4, 0.5) is 24.8 Å². The summed E-state index contributed by atoms with van der Waals surface area (Å²) in [6.45, 7) is 3.62. The number of carbonyl (C=O) groups is 1. The second-order valence-corrected chi connectivity index (χ2v) is 8.33. The molecule has 9 heteroatoms. The van der Waals surface area contributed by atoms with Crippen LogP contribution in [0.1, 0.15) is 28.4 Å². The summed E-state index contributed by atoms with van der Waals surface area (Å²) in [5.41, 5.74) is 0.0125. The lowest BCUT2D eigenvalue weighted by molar-refractivity contribution is -0.138. The maximum absolute atomic E-state index is 13.3. The number of aromatic nitrogens is 2. The minimum Gasteiger partial charge on any atom is -0.366 e. The molecule has 1 N–H and O–H groups in total. The molecule has 2 heterocycles. The van der Waals surface area contributed by atoms with Crippen molar-refractivity contribution in [1.29, 1.82) is 0 Å². The predicted octanol–water partition coefficient (Wildman–Crippen LogP) is 4.50. The first-order valence-electron chi connectivity index (χ1n) is 11.2. The second-order valence-electron chi connectivity index (χ2n) is 8.33. The fraction of sp³-hybridized carbons (Fsp3) is 0.320. The van der Waals surface area contributed by atoms with E-state index in [1.165, 1.54) is 28.7 Å². The van der Waals surface area contributed by atoms with Crippen molar-refractivity contribution in [1.82, 2.24) is 15.1 Å². The first kappa shape index (κ1) is 23.5. The van der Waals surface area contributed by atoms with Crippen molar-refractivity contribution in [2.45, 2.75) is 25.6 Å². The molecule has 1 fully saturated rings. The van der Waals surface area contributed by atoms with Gasteiger partial charge in [0.2, 0.25) is 0 Å². The lowest BCUT2D eigenvalue weighted by Crippen LogP contribution is -2.49. The Bertz CT molecular complexity index is 1100. The molecule has 1 aromatic heterocycles. The molecule has 3 aromatic rings. The molecule has 4 rings (SSSR count). The maximum Gasteiger partial charge on any atom is 0.417 e. The van der Waals surface area contributed by atoms with Gasteiger partial charge in [-0.2, -0.15) is 13.2 Å². The van der Waals surface area contributed by atoms with Crippen LogP contribution in [0.5, 0.6) is 0 Å². The largest absolute Gasteiger partial charge is 0.417 e. The number of halogens is 3. The molecule has 1 aliphatic rings. The highest BCUT2D eigenvalue weighted by molar-refractivity contribution is 5.96. The topological polar surface area (TPSA) is 61.4 Å². The SMILES string of the molecule is CC(Cc1ccccc1)Nc1ccc(N2CCN(C(=O)c3ccccc3C(F)(F)F)CC2)nn1. The van der Waals surface area contributed by atoms with Gasteiger partial charge in [0.1, 0.15) is 5.82 Å². The predicted molar refractivity (Wildman–Crippen MR) is 125 cm³/mol. The van der Waals surface area contributed by atoms with Gasteiger partial charge < -0.3 is 15.1 Å². The van der Waals surface area contributed by atoms with Gasteiger partial charge >= 0.3 is 6.18 Å². The normalized spacial score (nSPS) is 15.2. The summed E-state index contributed by atoms with van der Waals surface area (Å²) in [5, 5.41) is 11.9. The number of hydrogen-bond donors (Lipinski definition) is 1. The number of benzene rings is 2. The van der Waals surface area contributed by atoms with Gasteiger partial charge in [0.15, 0.2) is 5.82 Å². The number of anilines is 2. The fourth-order valence-corrected chi connectivity index (χ4v) is 4.07. The van der Waals surface area contributed by atoms with E-state index in [4.69, 9.17) is 0 Å². The van der Waals surface area contributed by atoms with E-state index in [9.17, 15) is 18.0 Å². The molecule has 34 heavy (non-hydrogen) atoms. The van der Waals surface area contributed by atoms with Crippen molar-refractivity contribution in [2.75, 3.05) is 36.4 Å². The van der Waals surface area contributed by atoms with Gasteiger partial charge in [-0.15, -0.1) is 10.2 Å². The van der Waals surface area contributed by atoms with Gasteiger partial charge in [-0.1, -0.05) is 42.5 Å². The molecule has 1 aliphatic heterocycles. The Balaban J connectivity index is 1.33. The summed E-state index contributed by atoms with van der Waals surface area (Å²) in [6.07, 6.45) is -3.71. The minimum atomic E-state index is -4.57. The molecule has 0 aliphatic carbocycles. The highest BCUT2D eigenvalue weighted by Gasteiger charge is 2.36. The van der Waals surface area contributed by atoms with E-state index < -0.39 is 17.6 Å². The van der Waals surface area contributed by atoms with Crippen molar-refractivity contribution in [2.24, 2.45) is 0 Å². The highest BCUT2D eigenvalue weighted by Crippen LogP contribution is 2.32. The van der Waals surface area contributed by atoms with Crippen LogP contribution in [0.2, 0.25) is 0 Å². The summed E-state index contributed by atoms with van der Waals surface area (Å²) >= 11 is 0. The zero-order chi connectivity index (χ0) is 24.1. The third-order valence-electron chi connectivity index (χ3n) is 5.78. The number of nitrogens with zero attached hydrogens (tertiary/aromatic N) is 4. The van der Waals surface area contributed by atoms with Crippen LogP contribution in [0, 0.1) is 0 Å². The summed E-state index contributed by atoms with van der Waals surface area (Å²) < 4.78 is 39.8. The van der Waals surface area contributed by atoms with Crippen LogP contribution < -0.4 is 10.2 Å². The maximum atomic E-state index is 13.3. The summed E-state index contributed by atoms with van der Waals surface area (Å²) in [6, 6.07) is 19.0. The lowest BCUT2D eigenvalue weighted by Gasteiger charge is -2.35. The average molecular weight is 470 g/mol. The Hall–Kier alpha value is -3.62. The molecular weight excluding hydrogens is 443 g/mol. The Morgan fingerprint density at radius 3 is 2.26 bits per heavy atom. The number of alkyl halides is 3. The summed E-state index contributed by atoms with van der Waals surface area (Å²) in [4.78, 5) is 16.2. The third-order valence-corrected chi connectivity index (χ3v) is 5.78. The van der Waals surface area contributed by atoms with Gasteiger partial charge in [-0.05, 0) is 43.2 Å². The van der Waals surface area contributed by atoms with Crippen LogP contribution >= 0.6 is 0 Å². The molecule has 0 saturated carbocycles. The van der Waals surface area contributed by atoms with E-state index in [2.05, 4.69) is 34.6 Å². The van der Waals surface area contributed by atoms with Crippen molar-refractivity contribution in [3.8, 4) is 0 Å². The highest BCUT2D eigenvalue weighted by atomic mass is 19.4.